The van der Waals surface area contributed by atoms with Crippen LogP contribution in [-0.4, -0.2) is 20.2 Å². The molecular weight excluding hydrogens is 392 g/mol. The molecule has 0 aliphatic rings. The van der Waals surface area contributed by atoms with Crippen LogP contribution < -0.4 is 5.32 Å². The van der Waals surface area contributed by atoms with Gasteiger partial charge in [-0.1, -0.05) is 11.6 Å². The first-order valence-electron chi connectivity index (χ1n) is 8.71. The molecule has 8 heteroatoms. The van der Waals surface area contributed by atoms with Crippen LogP contribution in [0.4, 0.5) is 11.4 Å². The number of amides is 1. The fourth-order valence-electron chi connectivity index (χ4n) is 3.13. The lowest BCUT2D eigenvalue weighted by molar-refractivity contribution is -0.384. The first-order valence-corrected chi connectivity index (χ1v) is 9.09. The summed E-state index contributed by atoms with van der Waals surface area (Å²) in [7, 11) is 0. The highest BCUT2D eigenvalue weighted by Gasteiger charge is 2.19. The van der Waals surface area contributed by atoms with E-state index in [1.165, 1.54) is 6.07 Å². The van der Waals surface area contributed by atoms with Crippen molar-refractivity contribution in [2.24, 2.45) is 0 Å². The highest BCUT2D eigenvalue weighted by Crippen LogP contribution is 2.34. The molecule has 0 spiro atoms. The Balaban J connectivity index is 1.71. The molecule has 0 aliphatic heterocycles. The number of anilines is 1. The molecule has 29 heavy (non-hydrogen) atoms. The first-order chi connectivity index (χ1) is 13.9. The molecule has 0 atom stereocenters. The summed E-state index contributed by atoms with van der Waals surface area (Å²) in [5.41, 5.74) is 3.46. The summed E-state index contributed by atoms with van der Waals surface area (Å²) >= 11 is 5.84. The van der Waals surface area contributed by atoms with Gasteiger partial charge in [-0.25, -0.2) is 4.98 Å². The van der Waals surface area contributed by atoms with Crippen molar-refractivity contribution in [1.29, 1.82) is 0 Å². The molecule has 0 saturated carbocycles. The van der Waals surface area contributed by atoms with Gasteiger partial charge < -0.3 is 9.72 Å². The van der Waals surface area contributed by atoms with Crippen molar-refractivity contribution < 1.29 is 9.72 Å². The van der Waals surface area contributed by atoms with Crippen molar-refractivity contribution >= 4 is 34.5 Å². The van der Waals surface area contributed by atoms with Crippen LogP contribution in [0.25, 0.3) is 16.8 Å². The van der Waals surface area contributed by atoms with E-state index in [1.807, 2.05) is 23.6 Å². The maximum absolute atomic E-state index is 12.4. The number of nitro groups is 1. The number of carbonyl (C=O) groups excluding carboxylic acids is 1. The van der Waals surface area contributed by atoms with Gasteiger partial charge in [-0.05, 0) is 55.0 Å². The van der Waals surface area contributed by atoms with Gasteiger partial charge in [0.1, 0.15) is 5.65 Å². The lowest BCUT2D eigenvalue weighted by Gasteiger charge is -2.11. The van der Waals surface area contributed by atoms with Crippen molar-refractivity contribution in [3.63, 3.8) is 0 Å². The maximum Gasteiger partial charge on any atom is 0.279 e. The van der Waals surface area contributed by atoms with E-state index in [0.717, 1.165) is 16.8 Å². The van der Waals surface area contributed by atoms with Crippen molar-refractivity contribution in [3.8, 4) is 11.1 Å². The standard InChI is InChI=1S/C21H15ClN4O3/c1-13-10-20-23-8-9-25(20)12-18(13)17-7-6-16(11-19(17)26(28)29)24-21(27)14-2-4-15(22)5-3-14/h2-12H,1H3,(H,24,27). The van der Waals surface area contributed by atoms with Crippen molar-refractivity contribution in [2.75, 3.05) is 5.32 Å². The van der Waals surface area contributed by atoms with Crippen LogP contribution in [0, 0.1) is 17.0 Å². The minimum atomic E-state index is -0.454. The number of aryl methyl sites for hydroxylation is 1. The zero-order valence-corrected chi connectivity index (χ0v) is 16.1. The highest BCUT2D eigenvalue weighted by atomic mass is 35.5. The molecule has 144 valence electrons. The number of nitro benzene ring substituents is 1. The Hall–Kier alpha value is -3.71. The molecule has 2 aromatic carbocycles. The minimum Gasteiger partial charge on any atom is -0.322 e. The Bertz CT molecular complexity index is 1250. The van der Waals surface area contributed by atoms with E-state index in [-0.39, 0.29) is 11.6 Å². The fraction of sp³-hybridized carbons (Fsp3) is 0.0476. The van der Waals surface area contributed by atoms with Crippen LogP contribution >= 0.6 is 11.6 Å². The van der Waals surface area contributed by atoms with Gasteiger partial charge in [0.2, 0.25) is 0 Å². The number of hydrogen-bond acceptors (Lipinski definition) is 4. The summed E-state index contributed by atoms with van der Waals surface area (Å²) in [5, 5.41) is 14.9. The maximum atomic E-state index is 12.4. The van der Waals surface area contributed by atoms with Gasteiger partial charge in [-0.2, -0.15) is 0 Å². The van der Waals surface area contributed by atoms with Crippen molar-refractivity contribution in [2.45, 2.75) is 6.92 Å². The van der Waals surface area contributed by atoms with Crippen LogP contribution in [0.15, 0.2) is 67.1 Å². The fourth-order valence-corrected chi connectivity index (χ4v) is 3.26. The number of hydrogen-bond donors (Lipinski definition) is 1. The Kier molecular flexibility index (Phi) is 4.74. The highest BCUT2D eigenvalue weighted by molar-refractivity contribution is 6.30. The number of nitrogens with zero attached hydrogens (tertiary/aromatic N) is 3. The molecule has 4 aromatic rings. The van der Waals surface area contributed by atoms with Crippen LogP contribution in [0.5, 0.6) is 0 Å². The molecule has 7 nitrogen and oxygen atoms in total. The molecular formula is C21H15ClN4O3. The molecule has 1 amide bonds. The monoisotopic (exact) mass is 406 g/mol. The predicted octanol–water partition coefficient (Wildman–Crippen LogP) is 5.12. The zero-order valence-electron chi connectivity index (χ0n) is 15.3. The zero-order chi connectivity index (χ0) is 20.5. The molecule has 0 bridgehead atoms. The number of aromatic nitrogens is 2. The SMILES string of the molecule is Cc1cc2nccn2cc1-c1ccc(NC(=O)c2ccc(Cl)cc2)cc1[N+](=O)[O-]. The Morgan fingerprint density at radius 2 is 1.90 bits per heavy atom. The van der Waals surface area contributed by atoms with Crippen LogP contribution in [-0.2, 0) is 0 Å². The van der Waals surface area contributed by atoms with Crippen LogP contribution in [0.1, 0.15) is 15.9 Å². The summed E-state index contributed by atoms with van der Waals surface area (Å²) in [5.74, 6) is -0.375. The molecule has 0 unspecified atom stereocenters. The van der Waals surface area contributed by atoms with Crippen LogP contribution in [0.3, 0.4) is 0 Å². The minimum absolute atomic E-state index is 0.0959. The smallest absolute Gasteiger partial charge is 0.279 e. The van der Waals surface area contributed by atoms with E-state index in [0.29, 0.717) is 21.8 Å². The largest absolute Gasteiger partial charge is 0.322 e. The molecule has 0 saturated heterocycles. The Labute approximate surface area is 170 Å². The number of pyridine rings is 1. The quantitative estimate of drug-likeness (QED) is 0.376. The summed E-state index contributed by atoms with van der Waals surface area (Å²) in [6, 6.07) is 12.9. The summed E-state index contributed by atoms with van der Waals surface area (Å²) in [6.07, 6.45) is 5.26. The lowest BCUT2D eigenvalue weighted by Crippen LogP contribution is -2.12. The van der Waals surface area contributed by atoms with Gasteiger partial charge in [-0.3, -0.25) is 14.9 Å². The molecule has 4 rings (SSSR count). The third kappa shape index (κ3) is 3.68. The third-order valence-corrected chi connectivity index (χ3v) is 4.84. The third-order valence-electron chi connectivity index (χ3n) is 4.59. The number of carbonyl (C=O) groups is 1. The number of halogens is 1. The van der Waals surface area contributed by atoms with Crippen LogP contribution in [0.2, 0.25) is 5.02 Å². The van der Waals surface area contributed by atoms with Crippen molar-refractivity contribution in [3.05, 3.63) is 93.4 Å². The molecule has 0 fully saturated rings. The molecule has 1 N–H and O–H groups in total. The average Bonchev–Trinajstić information content (AvgIpc) is 3.15. The number of benzene rings is 2. The second kappa shape index (κ2) is 7.37. The number of rotatable bonds is 4. The van der Waals surface area contributed by atoms with Crippen molar-refractivity contribution in [1.82, 2.24) is 9.38 Å². The van der Waals surface area contributed by atoms with Gasteiger partial charge in [-0.15, -0.1) is 0 Å². The number of imidazole rings is 1. The van der Waals surface area contributed by atoms with Gasteiger partial charge in [0.15, 0.2) is 0 Å². The normalized spacial score (nSPS) is 10.8. The van der Waals surface area contributed by atoms with E-state index in [2.05, 4.69) is 10.3 Å². The molecule has 0 aliphatic carbocycles. The summed E-state index contributed by atoms with van der Waals surface area (Å²) in [4.78, 5) is 27.9. The molecule has 0 radical (unpaired) electrons. The Morgan fingerprint density at radius 1 is 1.14 bits per heavy atom. The topological polar surface area (TPSA) is 89.5 Å². The number of nitrogens with one attached hydrogen (secondary N) is 1. The summed E-state index contributed by atoms with van der Waals surface area (Å²) < 4.78 is 1.81. The van der Waals surface area contributed by atoms with E-state index < -0.39 is 4.92 Å². The Morgan fingerprint density at radius 3 is 2.62 bits per heavy atom. The second-order valence-electron chi connectivity index (χ2n) is 6.51. The lowest BCUT2D eigenvalue weighted by atomic mass is 10.0. The predicted molar refractivity (Wildman–Crippen MR) is 111 cm³/mol. The molecule has 2 aromatic heterocycles. The van der Waals surface area contributed by atoms with Gasteiger partial charge >= 0.3 is 0 Å². The van der Waals surface area contributed by atoms with E-state index in [1.54, 1.807) is 48.8 Å². The summed E-state index contributed by atoms with van der Waals surface area (Å²) in [6.45, 7) is 1.88. The second-order valence-corrected chi connectivity index (χ2v) is 6.95. The van der Waals surface area contributed by atoms with E-state index >= 15 is 0 Å². The van der Waals surface area contributed by atoms with E-state index in [4.69, 9.17) is 11.6 Å². The molecule has 2 heterocycles. The van der Waals surface area contributed by atoms with Gasteiger partial charge in [0.05, 0.1) is 10.5 Å². The van der Waals surface area contributed by atoms with Gasteiger partial charge in [0.25, 0.3) is 11.6 Å². The van der Waals surface area contributed by atoms with Gasteiger partial charge in [0, 0.05) is 46.5 Å². The number of fused-ring (bicyclic) bond motifs is 1. The first kappa shape index (κ1) is 18.6. The average molecular weight is 407 g/mol. The van der Waals surface area contributed by atoms with E-state index in [9.17, 15) is 14.9 Å².